The molecule has 0 atom stereocenters. The van der Waals surface area contributed by atoms with E-state index in [-0.39, 0.29) is 11.7 Å². The van der Waals surface area contributed by atoms with Gasteiger partial charge in [0.05, 0.1) is 25.4 Å². The van der Waals surface area contributed by atoms with E-state index in [4.69, 9.17) is 0 Å². The van der Waals surface area contributed by atoms with Gasteiger partial charge in [0.15, 0.2) is 5.13 Å². The van der Waals surface area contributed by atoms with Crippen molar-refractivity contribution < 1.29 is 9.90 Å². The van der Waals surface area contributed by atoms with E-state index in [9.17, 15) is 9.90 Å². The average molecular weight is 341 g/mol. The van der Waals surface area contributed by atoms with Crippen molar-refractivity contribution >= 4 is 54.1 Å². The second-order valence-corrected chi connectivity index (χ2v) is 7.22. The van der Waals surface area contributed by atoms with Crippen molar-refractivity contribution in [3.8, 4) is 5.75 Å². The number of aromatic nitrogens is 2. The number of nitrogens with zero attached hydrogens (tertiary/aromatic N) is 2. The fourth-order valence-electron chi connectivity index (χ4n) is 2.35. The monoisotopic (exact) mass is 341 g/mol. The van der Waals surface area contributed by atoms with E-state index >= 15 is 0 Å². The number of aryl methyl sites for hydroxylation is 1. The number of rotatable bonds is 2. The molecule has 0 fully saturated rings. The van der Waals surface area contributed by atoms with Gasteiger partial charge in [-0.25, -0.2) is 9.97 Å². The van der Waals surface area contributed by atoms with Crippen molar-refractivity contribution in [2.45, 2.75) is 6.92 Å². The predicted octanol–water partition coefficient (Wildman–Crippen LogP) is 4.17. The highest BCUT2D eigenvalue weighted by Gasteiger charge is 2.13. The van der Waals surface area contributed by atoms with Crippen LogP contribution in [0.4, 0.5) is 5.13 Å². The molecule has 5 nitrogen and oxygen atoms in total. The molecule has 7 heteroatoms. The van der Waals surface area contributed by atoms with E-state index in [2.05, 4.69) is 15.3 Å². The lowest BCUT2D eigenvalue weighted by atomic mass is 10.2. The van der Waals surface area contributed by atoms with Gasteiger partial charge < -0.3 is 5.11 Å². The van der Waals surface area contributed by atoms with Crippen molar-refractivity contribution in [3.63, 3.8) is 0 Å². The molecule has 0 aliphatic heterocycles. The Morgan fingerprint density at radius 2 is 1.83 bits per heavy atom. The summed E-state index contributed by atoms with van der Waals surface area (Å²) in [7, 11) is 0. The SMILES string of the molecule is Cc1nc2ccc3nc(NC(=O)c4cccc(O)c4)sc3c2s1. The van der Waals surface area contributed by atoms with Crippen LogP contribution in [0.15, 0.2) is 36.4 Å². The first-order valence-electron chi connectivity index (χ1n) is 6.87. The maximum Gasteiger partial charge on any atom is 0.257 e. The van der Waals surface area contributed by atoms with Gasteiger partial charge in [0.1, 0.15) is 5.75 Å². The molecule has 2 aromatic carbocycles. The van der Waals surface area contributed by atoms with Gasteiger partial charge in [-0.2, -0.15) is 0 Å². The van der Waals surface area contributed by atoms with E-state index in [0.717, 1.165) is 25.4 Å². The fraction of sp³-hybridized carbons (Fsp3) is 0.0625. The van der Waals surface area contributed by atoms with Gasteiger partial charge in [0.2, 0.25) is 0 Å². The van der Waals surface area contributed by atoms with Crippen LogP contribution in [0.1, 0.15) is 15.4 Å². The van der Waals surface area contributed by atoms with E-state index in [1.807, 2.05) is 19.1 Å². The number of phenols is 1. The van der Waals surface area contributed by atoms with Gasteiger partial charge in [-0.1, -0.05) is 17.4 Å². The fourth-order valence-corrected chi connectivity index (χ4v) is 4.36. The molecule has 4 rings (SSSR count). The number of aromatic hydroxyl groups is 1. The summed E-state index contributed by atoms with van der Waals surface area (Å²) in [5, 5.41) is 13.8. The highest BCUT2D eigenvalue weighted by atomic mass is 32.1. The first-order chi connectivity index (χ1) is 11.1. The Hall–Kier alpha value is -2.51. The van der Waals surface area contributed by atoms with E-state index in [0.29, 0.717) is 10.7 Å². The highest BCUT2D eigenvalue weighted by Crippen LogP contribution is 2.35. The molecule has 2 N–H and O–H groups in total. The highest BCUT2D eigenvalue weighted by molar-refractivity contribution is 7.28. The molecule has 2 aromatic heterocycles. The molecular weight excluding hydrogens is 330 g/mol. The zero-order valence-corrected chi connectivity index (χ0v) is 13.7. The third-order valence-corrected chi connectivity index (χ3v) is 5.49. The van der Waals surface area contributed by atoms with Gasteiger partial charge in [-0.05, 0) is 37.3 Å². The van der Waals surface area contributed by atoms with Gasteiger partial charge in [-0.15, -0.1) is 11.3 Å². The Morgan fingerprint density at radius 1 is 1.09 bits per heavy atom. The van der Waals surface area contributed by atoms with Crippen LogP contribution in [-0.4, -0.2) is 21.0 Å². The summed E-state index contributed by atoms with van der Waals surface area (Å²) in [6.07, 6.45) is 0. The zero-order valence-electron chi connectivity index (χ0n) is 12.0. The molecule has 0 saturated heterocycles. The maximum atomic E-state index is 12.2. The lowest BCUT2D eigenvalue weighted by molar-refractivity contribution is 0.102. The van der Waals surface area contributed by atoms with Crippen LogP contribution in [0.25, 0.3) is 20.4 Å². The van der Waals surface area contributed by atoms with Gasteiger partial charge in [0.25, 0.3) is 5.91 Å². The topological polar surface area (TPSA) is 75.1 Å². The molecule has 23 heavy (non-hydrogen) atoms. The molecule has 0 radical (unpaired) electrons. The number of benzene rings is 2. The maximum absolute atomic E-state index is 12.2. The molecule has 0 bridgehead atoms. The summed E-state index contributed by atoms with van der Waals surface area (Å²) in [5.74, 6) is -0.236. The normalized spacial score (nSPS) is 11.2. The van der Waals surface area contributed by atoms with Gasteiger partial charge in [-0.3, -0.25) is 10.1 Å². The second kappa shape index (κ2) is 5.29. The van der Waals surface area contributed by atoms with Crippen LogP contribution in [0.3, 0.4) is 0 Å². The van der Waals surface area contributed by atoms with Crippen molar-refractivity contribution in [2.75, 3.05) is 5.32 Å². The number of hydrogen-bond acceptors (Lipinski definition) is 6. The number of hydrogen-bond donors (Lipinski definition) is 2. The van der Waals surface area contributed by atoms with Crippen molar-refractivity contribution in [2.24, 2.45) is 0 Å². The van der Waals surface area contributed by atoms with Crippen LogP contribution < -0.4 is 5.32 Å². The Labute approximate surface area is 139 Å². The lowest BCUT2D eigenvalue weighted by Crippen LogP contribution is -2.11. The molecule has 1 amide bonds. The number of fused-ring (bicyclic) bond motifs is 3. The van der Waals surface area contributed by atoms with Crippen LogP contribution in [-0.2, 0) is 0 Å². The largest absolute Gasteiger partial charge is 0.508 e. The van der Waals surface area contributed by atoms with Crippen molar-refractivity contribution in [1.82, 2.24) is 9.97 Å². The first kappa shape index (κ1) is 14.1. The Kier molecular flexibility index (Phi) is 3.24. The van der Waals surface area contributed by atoms with Crippen molar-refractivity contribution in [3.05, 3.63) is 47.0 Å². The van der Waals surface area contributed by atoms with Gasteiger partial charge in [0, 0.05) is 5.56 Å². The summed E-state index contributed by atoms with van der Waals surface area (Å²) >= 11 is 3.06. The first-order valence-corrected chi connectivity index (χ1v) is 8.50. The average Bonchev–Trinajstić information content (AvgIpc) is 3.08. The van der Waals surface area contributed by atoms with E-state index in [1.54, 1.807) is 23.5 Å². The molecule has 0 spiro atoms. The quantitative estimate of drug-likeness (QED) is 0.574. The molecule has 0 unspecified atom stereocenters. The number of amides is 1. The van der Waals surface area contributed by atoms with Crippen LogP contribution >= 0.6 is 22.7 Å². The number of carbonyl (C=O) groups is 1. The number of nitrogens with one attached hydrogen (secondary N) is 1. The zero-order chi connectivity index (χ0) is 16.0. The molecule has 114 valence electrons. The molecule has 0 saturated carbocycles. The summed E-state index contributed by atoms with van der Waals surface area (Å²) in [6.45, 7) is 1.97. The summed E-state index contributed by atoms with van der Waals surface area (Å²) < 4.78 is 2.12. The smallest absolute Gasteiger partial charge is 0.257 e. The van der Waals surface area contributed by atoms with Crippen LogP contribution in [0.2, 0.25) is 0 Å². The lowest BCUT2D eigenvalue weighted by Gasteiger charge is -2.01. The van der Waals surface area contributed by atoms with Gasteiger partial charge >= 0.3 is 0 Å². The molecule has 4 aromatic rings. The minimum Gasteiger partial charge on any atom is -0.508 e. The standard InChI is InChI=1S/C16H11N3O2S2/c1-8-17-11-5-6-12-14(13(11)22-8)23-16(18-12)19-15(21)9-3-2-4-10(20)7-9/h2-7,20H,1H3,(H,18,19,21). The predicted molar refractivity (Wildman–Crippen MR) is 93.6 cm³/mol. The molecular formula is C16H11N3O2S2. The van der Waals surface area contributed by atoms with Crippen LogP contribution in [0.5, 0.6) is 5.75 Å². The molecule has 2 heterocycles. The Bertz CT molecular complexity index is 1050. The van der Waals surface area contributed by atoms with E-state index < -0.39 is 0 Å². The summed E-state index contributed by atoms with van der Waals surface area (Å²) in [4.78, 5) is 21.2. The second-order valence-electron chi connectivity index (χ2n) is 5.02. The van der Waals surface area contributed by atoms with Crippen LogP contribution in [0, 0.1) is 6.92 Å². The third-order valence-electron chi connectivity index (χ3n) is 3.35. The molecule has 0 aliphatic carbocycles. The number of thiazole rings is 2. The van der Waals surface area contributed by atoms with E-state index in [1.165, 1.54) is 23.5 Å². The molecule has 0 aliphatic rings. The summed E-state index contributed by atoms with van der Waals surface area (Å²) in [5.41, 5.74) is 2.19. The van der Waals surface area contributed by atoms with Crippen molar-refractivity contribution in [1.29, 1.82) is 0 Å². The number of phenolic OH excluding ortho intramolecular Hbond substituents is 1. The minimum absolute atomic E-state index is 0.0591. The minimum atomic E-state index is -0.295. The number of carbonyl (C=O) groups excluding carboxylic acids is 1. The Morgan fingerprint density at radius 3 is 2.61 bits per heavy atom. The summed E-state index contributed by atoms with van der Waals surface area (Å²) in [6, 6.07) is 10.1. The Balaban J connectivity index is 1.72. The number of anilines is 1. The third kappa shape index (κ3) is 2.54.